The molecule has 2 aromatic rings. The number of hydrogen-bond acceptors (Lipinski definition) is 3. The molecule has 5 nitrogen and oxygen atoms in total. The lowest BCUT2D eigenvalue weighted by molar-refractivity contribution is -0.137. The molecule has 8 heteroatoms. The number of nitrogens with one attached hydrogen (secondary N) is 1. The van der Waals surface area contributed by atoms with E-state index >= 15 is 0 Å². The van der Waals surface area contributed by atoms with E-state index in [9.17, 15) is 22.8 Å². The van der Waals surface area contributed by atoms with E-state index in [1.54, 1.807) is 15.9 Å². The normalized spacial score (nSPS) is 20.2. The summed E-state index contributed by atoms with van der Waals surface area (Å²) in [7, 11) is 0. The Balaban J connectivity index is 1.55. The zero-order chi connectivity index (χ0) is 25.4. The second kappa shape index (κ2) is 9.64. The Morgan fingerprint density at radius 3 is 2.37 bits per heavy atom. The first-order valence-electron chi connectivity index (χ1n) is 12.1. The number of alkyl halides is 3. The van der Waals surface area contributed by atoms with Gasteiger partial charge in [0.2, 0.25) is 5.91 Å². The van der Waals surface area contributed by atoms with Crippen LogP contribution in [0.2, 0.25) is 0 Å². The molecule has 0 saturated carbocycles. The maximum Gasteiger partial charge on any atom is 0.416 e. The van der Waals surface area contributed by atoms with Crippen molar-refractivity contribution in [1.29, 1.82) is 0 Å². The molecule has 0 aromatic heterocycles. The zero-order valence-corrected chi connectivity index (χ0v) is 20.4. The third-order valence-corrected chi connectivity index (χ3v) is 7.00. The largest absolute Gasteiger partial charge is 0.416 e. The first kappa shape index (κ1) is 25.2. The van der Waals surface area contributed by atoms with Crippen molar-refractivity contribution in [2.45, 2.75) is 64.5 Å². The van der Waals surface area contributed by atoms with E-state index in [-0.39, 0.29) is 30.3 Å². The molecule has 2 saturated heterocycles. The number of carbonyl (C=O) groups is 2. The Labute approximate surface area is 204 Å². The number of hydrogen-bond donors (Lipinski definition) is 1. The molecule has 0 bridgehead atoms. The highest BCUT2D eigenvalue weighted by Crippen LogP contribution is 2.36. The molecule has 1 N–H and O–H groups in total. The highest BCUT2D eigenvalue weighted by Gasteiger charge is 2.51. The lowest BCUT2D eigenvalue weighted by Gasteiger charge is -2.44. The van der Waals surface area contributed by atoms with Crippen molar-refractivity contribution in [3.8, 4) is 0 Å². The molecule has 0 unspecified atom stereocenters. The van der Waals surface area contributed by atoms with Gasteiger partial charge in [0.25, 0.3) is 5.91 Å². The Hall–Kier alpha value is -2.87. The van der Waals surface area contributed by atoms with Crippen molar-refractivity contribution in [2.24, 2.45) is 5.92 Å². The van der Waals surface area contributed by atoms with Gasteiger partial charge in [-0.3, -0.25) is 14.9 Å². The minimum atomic E-state index is -4.44. The summed E-state index contributed by atoms with van der Waals surface area (Å²) in [6.45, 7) is 7.06. The topological polar surface area (TPSA) is 52.7 Å². The molecule has 2 aliphatic rings. The van der Waals surface area contributed by atoms with E-state index in [4.69, 9.17) is 0 Å². The van der Waals surface area contributed by atoms with Crippen LogP contribution in [-0.4, -0.2) is 46.4 Å². The summed E-state index contributed by atoms with van der Waals surface area (Å²) in [6, 6.07) is 12.2. The number of carbonyl (C=O) groups excluding carboxylic acids is 2. The third-order valence-electron chi connectivity index (χ3n) is 7.00. The van der Waals surface area contributed by atoms with Crippen LogP contribution in [0.25, 0.3) is 0 Å². The maximum absolute atomic E-state index is 13.4. The highest BCUT2D eigenvalue weighted by atomic mass is 19.4. The molecule has 0 aliphatic carbocycles. The minimum Gasteiger partial charge on any atom is -0.338 e. The summed E-state index contributed by atoms with van der Waals surface area (Å²) in [5, 5.41) is 3.53. The average molecular weight is 488 g/mol. The lowest BCUT2D eigenvalue weighted by atomic mass is 9.94. The van der Waals surface area contributed by atoms with Gasteiger partial charge in [-0.2, -0.15) is 13.2 Å². The minimum absolute atomic E-state index is 0.0488. The molecule has 2 aromatic carbocycles. The van der Waals surface area contributed by atoms with Gasteiger partial charge in [0.1, 0.15) is 0 Å². The molecular formula is C27H32F3N3O2. The van der Waals surface area contributed by atoms with E-state index in [1.807, 2.05) is 45.0 Å². The summed E-state index contributed by atoms with van der Waals surface area (Å²) < 4.78 is 39.8. The van der Waals surface area contributed by atoms with Crippen LogP contribution in [0.4, 0.5) is 13.2 Å². The van der Waals surface area contributed by atoms with Crippen LogP contribution in [0.1, 0.15) is 60.2 Å². The van der Waals surface area contributed by atoms with Crippen molar-refractivity contribution in [2.75, 3.05) is 13.1 Å². The molecule has 2 aliphatic heterocycles. The molecule has 1 spiro atoms. The fourth-order valence-corrected chi connectivity index (χ4v) is 5.12. The van der Waals surface area contributed by atoms with E-state index < -0.39 is 17.4 Å². The van der Waals surface area contributed by atoms with Crippen molar-refractivity contribution < 1.29 is 22.8 Å². The average Bonchev–Trinajstić information content (AvgIpc) is 3.04. The molecule has 2 fully saturated rings. The predicted octanol–water partition coefficient (Wildman–Crippen LogP) is 4.99. The second-order valence-corrected chi connectivity index (χ2v) is 10.1. The lowest BCUT2D eigenvalue weighted by Crippen LogP contribution is -2.59. The van der Waals surface area contributed by atoms with Crippen LogP contribution in [0.15, 0.2) is 48.5 Å². The maximum atomic E-state index is 13.4. The number of amides is 2. The Bertz CT molecular complexity index is 1070. The molecular weight excluding hydrogens is 455 g/mol. The van der Waals surface area contributed by atoms with Gasteiger partial charge in [0, 0.05) is 38.0 Å². The first-order chi connectivity index (χ1) is 16.5. The predicted molar refractivity (Wildman–Crippen MR) is 127 cm³/mol. The summed E-state index contributed by atoms with van der Waals surface area (Å²) in [4.78, 5) is 29.9. The SMILES string of the molecule is Cc1ccc(C(=O)N2CCC3(CC2)N[C@H](CC(C)C)C(=O)N3Cc2cccc(C(F)(F)F)c2)cc1. The third kappa shape index (κ3) is 5.37. The van der Waals surface area contributed by atoms with Crippen LogP contribution in [-0.2, 0) is 17.5 Å². The molecule has 35 heavy (non-hydrogen) atoms. The van der Waals surface area contributed by atoms with Gasteiger partial charge in [0.05, 0.1) is 17.3 Å². The summed E-state index contributed by atoms with van der Waals surface area (Å²) in [5.74, 6) is 0.145. The highest BCUT2D eigenvalue weighted by molar-refractivity contribution is 5.94. The first-order valence-corrected chi connectivity index (χ1v) is 12.1. The number of likely N-dealkylation sites (tertiary alicyclic amines) is 1. The van der Waals surface area contributed by atoms with Gasteiger partial charge in [-0.05, 0) is 49.1 Å². The number of rotatable bonds is 5. The van der Waals surface area contributed by atoms with Gasteiger partial charge in [-0.15, -0.1) is 0 Å². The van der Waals surface area contributed by atoms with Gasteiger partial charge >= 0.3 is 6.18 Å². The summed E-state index contributed by atoms with van der Waals surface area (Å²) in [6.07, 6.45) is -2.76. The van der Waals surface area contributed by atoms with Crippen molar-refractivity contribution in [3.05, 3.63) is 70.8 Å². The van der Waals surface area contributed by atoms with Crippen LogP contribution in [0, 0.1) is 12.8 Å². The zero-order valence-electron chi connectivity index (χ0n) is 20.4. The van der Waals surface area contributed by atoms with E-state index in [2.05, 4.69) is 5.32 Å². The van der Waals surface area contributed by atoms with Gasteiger partial charge < -0.3 is 9.80 Å². The number of nitrogens with zero attached hydrogens (tertiary/aromatic N) is 2. The fourth-order valence-electron chi connectivity index (χ4n) is 5.12. The number of halogens is 3. The summed E-state index contributed by atoms with van der Waals surface area (Å²) in [5.41, 5.74) is 0.739. The number of piperidine rings is 1. The van der Waals surface area contributed by atoms with Crippen molar-refractivity contribution in [3.63, 3.8) is 0 Å². The van der Waals surface area contributed by atoms with Crippen LogP contribution in [0.3, 0.4) is 0 Å². The standard InChI is InChI=1S/C27H32F3N3O2/c1-18(2)15-23-25(35)33(17-20-5-4-6-22(16-20)27(28,29)30)26(31-23)11-13-32(14-12-26)24(34)21-9-7-19(3)8-10-21/h4-10,16,18,23,31H,11-15,17H2,1-3H3/t23-/m1/s1. The Morgan fingerprint density at radius 2 is 1.77 bits per heavy atom. The van der Waals surface area contributed by atoms with Crippen LogP contribution >= 0.6 is 0 Å². The smallest absolute Gasteiger partial charge is 0.338 e. The van der Waals surface area contributed by atoms with Crippen LogP contribution < -0.4 is 5.32 Å². The quantitative estimate of drug-likeness (QED) is 0.646. The Morgan fingerprint density at radius 1 is 1.11 bits per heavy atom. The van der Waals surface area contributed by atoms with Gasteiger partial charge in [0.15, 0.2) is 0 Å². The molecule has 1 atom stereocenters. The van der Waals surface area contributed by atoms with Crippen molar-refractivity contribution in [1.82, 2.24) is 15.1 Å². The fraction of sp³-hybridized carbons (Fsp3) is 0.481. The van der Waals surface area contributed by atoms with Gasteiger partial charge in [-0.1, -0.05) is 43.7 Å². The number of aryl methyl sites for hydroxylation is 1. The monoisotopic (exact) mass is 487 g/mol. The van der Waals surface area contributed by atoms with Gasteiger partial charge in [-0.25, -0.2) is 0 Å². The number of benzene rings is 2. The second-order valence-electron chi connectivity index (χ2n) is 10.1. The Kier molecular flexibility index (Phi) is 6.95. The van der Waals surface area contributed by atoms with E-state index in [1.165, 1.54) is 6.07 Å². The van der Waals surface area contributed by atoms with Crippen LogP contribution in [0.5, 0.6) is 0 Å². The van der Waals surface area contributed by atoms with E-state index in [0.717, 1.165) is 17.7 Å². The van der Waals surface area contributed by atoms with E-state index in [0.29, 0.717) is 43.5 Å². The van der Waals surface area contributed by atoms with Crippen molar-refractivity contribution >= 4 is 11.8 Å². The summed E-state index contributed by atoms with van der Waals surface area (Å²) >= 11 is 0. The molecule has 0 radical (unpaired) electrons. The molecule has 2 heterocycles. The molecule has 2 amide bonds. The molecule has 188 valence electrons. The molecule has 4 rings (SSSR count).